The fraction of sp³-hybridized carbons (Fsp3) is 0.778. The normalized spacial score (nSPS) is 18.7. The Morgan fingerprint density at radius 2 is 1.93 bits per heavy atom. The van der Waals surface area contributed by atoms with Crippen LogP contribution in [0.1, 0.15) is 19.3 Å². The van der Waals surface area contributed by atoms with E-state index in [1.54, 1.807) is 0 Å². The number of nitrogens with one attached hydrogen (secondary N) is 1. The minimum atomic E-state index is -0.242. The van der Waals surface area contributed by atoms with Crippen molar-refractivity contribution in [1.29, 1.82) is 0 Å². The monoisotopic (exact) mass is 214 g/mol. The molecule has 0 aliphatic carbocycles. The number of piperidine rings is 1. The first kappa shape index (κ1) is 11.9. The predicted octanol–water partition coefficient (Wildman–Crippen LogP) is -1.44. The van der Waals surface area contributed by atoms with E-state index < -0.39 is 0 Å². The second-order valence-corrected chi connectivity index (χ2v) is 3.96. The number of nitrogens with zero attached hydrogens (tertiary/aromatic N) is 1. The molecule has 15 heavy (non-hydrogen) atoms. The molecule has 6 nitrogen and oxygen atoms in total. The maximum absolute atomic E-state index is 11.0. The van der Waals surface area contributed by atoms with Gasteiger partial charge in [0.25, 0.3) is 0 Å². The summed E-state index contributed by atoms with van der Waals surface area (Å²) in [6.07, 6.45) is 2.29. The molecule has 1 saturated heterocycles. The van der Waals surface area contributed by atoms with Gasteiger partial charge < -0.3 is 5.73 Å². The fourth-order valence-corrected chi connectivity index (χ4v) is 1.88. The van der Waals surface area contributed by atoms with Crippen LogP contribution in [0.4, 0.5) is 0 Å². The molecule has 1 rings (SSSR count). The van der Waals surface area contributed by atoms with Crippen molar-refractivity contribution in [2.75, 3.05) is 19.6 Å². The Bertz CT molecular complexity index is 236. The zero-order chi connectivity index (χ0) is 11.3. The lowest BCUT2D eigenvalue weighted by Gasteiger charge is -2.30. The first-order valence-corrected chi connectivity index (χ1v) is 5.12. The summed E-state index contributed by atoms with van der Waals surface area (Å²) in [5.74, 6) is 4.95. The molecule has 86 valence electrons. The number of primary amides is 1. The minimum Gasteiger partial charge on any atom is -0.370 e. The van der Waals surface area contributed by atoms with Crippen LogP contribution in [-0.2, 0) is 9.59 Å². The van der Waals surface area contributed by atoms with Crippen molar-refractivity contribution in [3.8, 4) is 0 Å². The largest absolute Gasteiger partial charge is 0.370 e. The van der Waals surface area contributed by atoms with E-state index in [-0.39, 0.29) is 11.8 Å². The van der Waals surface area contributed by atoms with Gasteiger partial charge in [-0.15, -0.1) is 0 Å². The standard InChI is InChI=1S/C9H18N4O2/c10-8(14)5-7-1-3-13(4-2-7)6-9(15)12-11/h7H,1-6,11H2,(H2,10,14)(H,12,15). The molecule has 0 aromatic carbocycles. The number of carbonyl (C=O) groups excluding carboxylic acids is 2. The minimum absolute atomic E-state index is 0.177. The lowest BCUT2D eigenvalue weighted by molar-refractivity contribution is -0.123. The molecule has 5 N–H and O–H groups in total. The second kappa shape index (κ2) is 5.67. The van der Waals surface area contributed by atoms with Crippen LogP contribution in [-0.4, -0.2) is 36.3 Å². The third kappa shape index (κ3) is 4.26. The molecular weight excluding hydrogens is 196 g/mol. The highest BCUT2D eigenvalue weighted by Crippen LogP contribution is 2.19. The molecule has 0 atom stereocenters. The molecule has 1 aliphatic rings. The van der Waals surface area contributed by atoms with Crippen LogP contribution < -0.4 is 17.0 Å². The predicted molar refractivity (Wildman–Crippen MR) is 55.3 cm³/mol. The first-order valence-electron chi connectivity index (χ1n) is 5.12. The van der Waals surface area contributed by atoms with Gasteiger partial charge in [-0.25, -0.2) is 5.84 Å². The van der Waals surface area contributed by atoms with Crippen LogP contribution in [0.25, 0.3) is 0 Å². The number of nitrogens with two attached hydrogens (primary N) is 2. The molecule has 1 aliphatic heterocycles. The van der Waals surface area contributed by atoms with Gasteiger partial charge in [-0.3, -0.25) is 19.9 Å². The molecule has 1 fully saturated rings. The summed E-state index contributed by atoms with van der Waals surface area (Å²) in [4.78, 5) is 23.7. The van der Waals surface area contributed by atoms with E-state index >= 15 is 0 Å². The van der Waals surface area contributed by atoms with Crippen LogP contribution in [0.3, 0.4) is 0 Å². The van der Waals surface area contributed by atoms with Crippen molar-refractivity contribution in [1.82, 2.24) is 10.3 Å². The summed E-state index contributed by atoms with van der Waals surface area (Å²) < 4.78 is 0. The molecular formula is C9H18N4O2. The zero-order valence-electron chi connectivity index (χ0n) is 8.74. The van der Waals surface area contributed by atoms with Crippen LogP contribution in [0.5, 0.6) is 0 Å². The molecule has 0 unspecified atom stereocenters. The van der Waals surface area contributed by atoms with Gasteiger partial charge in [0.15, 0.2) is 0 Å². The van der Waals surface area contributed by atoms with Crippen molar-refractivity contribution in [2.24, 2.45) is 17.5 Å². The van der Waals surface area contributed by atoms with E-state index in [0.29, 0.717) is 18.9 Å². The average Bonchev–Trinajstić information content (AvgIpc) is 2.20. The number of hydrogen-bond acceptors (Lipinski definition) is 4. The number of hydrogen-bond donors (Lipinski definition) is 3. The van der Waals surface area contributed by atoms with Gasteiger partial charge >= 0.3 is 0 Å². The first-order chi connectivity index (χ1) is 7.11. The molecule has 2 amide bonds. The van der Waals surface area contributed by atoms with Gasteiger partial charge in [0, 0.05) is 6.42 Å². The molecule has 0 spiro atoms. The second-order valence-electron chi connectivity index (χ2n) is 3.96. The van der Waals surface area contributed by atoms with E-state index in [4.69, 9.17) is 11.6 Å². The topological polar surface area (TPSA) is 101 Å². The zero-order valence-corrected chi connectivity index (χ0v) is 8.74. The van der Waals surface area contributed by atoms with Crippen molar-refractivity contribution in [3.05, 3.63) is 0 Å². The van der Waals surface area contributed by atoms with Crippen LogP contribution in [0, 0.1) is 5.92 Å². The summed E-state index contributed by atoms with van der Waals surface area (Å²) in [5.41, 5.74) is 7.23. The highest BCUT2D eigenvalue weighted by Gasteiger charge is 2.21. The Hall–Kier alpha value is -1.14. The number of hydrazine groups is 1. The molecule has 0 aromatic rings. The maximum Gasteiger partial charge on any atom is 0.248 e. The van der Waals surface area contributed by atoms with Gasteiger partial charge in [0.1, 0.15) is 0 Å². The highest BCUT2D eigenvalue weighted by molar-refractivity contribution is 5.77. The quantitative estimate of drug-likeness (QED) is 0.303. The Balaban J connectivity index is 2.23. The molecule has 0 saturated carbocycles. The van der Waals surface area contributed by atoms with E-state index in [1.165, 1.54) is 0 Å². The number of carbonyl (C=O) groups is 2. The van der Waals surface area contributed by atoms with Crippen LogP contribution in [0.15, 0.2) is 0 Å². The SMILES string of the molecule is NNC(=O)CN1CCC(CC(N)=O)CC1. The summed E-state index contributed by atoms with van der Waals surface area (Å²) in [6, 6.07) is 0. The van der Waals surface area contributed by atoms with Crippen molar-refractivity contribution >= 4 is 11.8 Å². The van der Waals surface area contributed by atoms with Gasteiger partial charge in [-0.2, -0.15) is 0 Å². The van der Waals surface area contributed by atoms with Crippen LogP contribution in [0.2, 0.25) is 0 Å². The van der Waals surface area contributed by atoms with Crippen molar-refractivity contribution in [3.63, 3.8) is 0 Å². The molecule has 0 radical (unpaired) electrons. The Morgan fingerprint density at radius 1 is 1.33 bits per heavy atom. The average molecular weight is 214 g/mol. The van der Waals surface area contributed by atoms with Crippen molar-refractivity contribution in [2.45, 2.75) is 19.3 Å². The van der Waals surface area contributed by atoms with E-state index in [2.05, 4.69) is 5.43 Å². The fourth-order valence-electron chi connectivity index (χ4n) is 1.88. The Morgan fingerprint density at radius 3 is 2.40 bits per heavy atom. The molecule has 6 heteroatoms. The lowest BCUT2D eigenvalue weighted by atomic mass is 9.93. The van der Waals surface area contributed by atoms with Crippen LogP contribution >= 0.6 is 0 Å². The maximum atomic E-state index is 11.0. The molecule has 0 aromatic heterocycles. The van der Waals surface area contributed by atoms with Crippen molar-refractivity contribution < 1.29 is 9.59 Å². The van der Waals surface area contributed by atoms with E-state index in [0.717, 1.165) is 25.9 Å². The number of rotatable bonds is 4. The van der Waals surface area contributed by atoms with Gasteiger partial charge in [-0.1, -0.05) is 0 Å². The third-order valence-corrected chi connectivity index (χ3v) is 2.73. The Labute approximate surface area is 88.9 Å². The number of amides is 2. The highest BCUT2D eigenvalue weighted by atomic mass is 16.2. The summed E-state index contributed by atoms with van der Waals surface area (Å²) >= 11 is 0. The smallest absolute Gasteiger partial charge is 0.248 e. The van der Waals surface area contributed by atoms with E-state index in [1.807, 2.05) is 4.90 Å². The summed E-state index contributed by atoms with van der Waals surface area (Å²) in [5, 5.41) is 0. The number of likely N-dealkylation sites (tertiary alicyclic amines) is 1. The summed E-state index contributed by atoms with van der Waals surface area (Å²) in [7, 11) is 0. The Kier molecular flexibility index (Phi) is 4.51. The lowest BCUT2D eigenvalue weighted by Crippen LogP contribution is -2.43. The third-order valence-electron chi connectivity index (χ3n) is 2.73. The molecule has 0 bridgehead atoms. The van der Waals surface area contributed by atoms with Gasteiger partial charge in [-0.05, 0) is 31.8 Å². The molecule has 1 heterocycles. The van der Waals surface area contributed by atoms with E-state index in [9.17, 15) is 9.59 Å². The van der Waals surface area contributed by atoms with Gasteiger partial charge in [0.2, 0.25) is 11.8 Å². The van der Waals surface area contributed by atoms with Gasteiger partial charge in [0.05, 0.1) is 6.54 Å². The summed E-state index contributed by atoms with van der Waals surface area (Å²) in [6.45, 7) is 1.98.